The van der Waals surface area contributed by atoms with Gasteiger partial charge in [0.25, 0.3) is 0 Å². The van der Waals surface area contributed by atoms with Gasteiger partial charge in [0.1, 0.15) is 0 Å². The fourth-order valence-electron chi connectivity index (χ4n) is 1.81. The second kappa shape index (κ2) is 6.91. The average molecular weight is 277 g/mol. The molecule has 0 aromatic rings. The van der Waals surface area contributed by atoms with Crippen molar-refractivity contribution in [2.75, 3.05) is 39.0 Å². The van der Waals surface area contributed by atoms with Crippen molar-refractivity contribution in [3.05, 3.63) is 0 Å². The molecule has 1 rings (SSSR count). The Bertz CT molecular complexity index is 374. The summed E-state index contributed by atoms with van der Waals surface area (Å²) in [6.45, 7) is 5.03. The smallest absolute Gasteiger partial charge is 0.211 e. The van der Waals surface area contributed by atoms with Crippen LogP contribution >= 0.6 is 0 Å². The summed E-state index contributed by atoms with van der Waals surface area (Å²) >= 11 is 0. The number of aliphatic imine (C=N–C) groups is 1. The molecule has 0 aromatic carbocycles. The predicted octanol–water partition coefficient (Wildman–Crippen LogP) is -0.817. The molecule has 1 aliphatic rings. The number of unbranched alkanes of at least 4 members (excludes halogenated alkanes) is 1. The van der Waals surface area contributed by atoms with E-state index in [9.17, 15) is 8.42 Å². The van der Waals surface area contributed by atoms with Crippen molar-refractivity contribution in [3.63, 3.8) is 0 Å². The number of hydrogen-bond donors (Lipinski definition) is 2. The van der Waals surface area contributed by atoms with Crippen molar-refractivity contribution in [2.45, 2.75) is 19.8 Å². The molecule has 7 nitrogen and oxygen atoms in total. The van der Waals surface area contributed by atoms with E-state index < -0.39 is 10.0 Å². The van der Waals surface area contributed by atoms with Crippen LogP contribution in [0.4, 0.5) is 0 Å². The van der Waals surface area contributed by atoms with Gasteiger partial charge < -0.3 is 4.90 Å². The molecule has 18 heavy (non-hydrogen) atoms. The van der Waals surface area contributed by atoms with Crippen molar-refractivity contribution in [1.82, 2.24) is 14.6 Å². The van der Waals surface area contributed by atoms with E-state index in [0.29, 0.717) is 32.1 Å². The van der Waals surface area contributed by atoms with E-state index >= 15 is 0 Å². The van der Waals surface area contributed by atoms with Crippen LogP contribution < -0.4 is 11.3 Å². The van der Waals surface area contributed by atoms with Crippen LogP contribution in [0.5, 0.6) is 0 Å². The van der Waals surface area contributed by atoms with Gasteiger partial charge >= 0.3 is 0 Å². The van der Waals surface area contributed by atoms with Crippen LogP contribution in [0, 0.1) is 0 Å². The molecule has 1 heterocycles. The minimum atomic E-state index is -3.09. The lowest BCUT2D eigenvalue weighted by Gasteiger charge is -2.34. The fourth-order valence-corrected chi connectivity index (χ4v) is 2.64. The number of guanidine groups is 1. The van der Waals surface area contributed by atoms with Crippen LogP contribution in [-0.2, 0) is 10.0 Å². The fraction of sp³-hybridized carbons (Fsp3) is 0.900. The number of hydrazine groups is 1. The Morgan fingerprint density at radius 2 is 1.94 bits per heavy atom. The number of rotatable bonds is 4. The lowest BCUT2D eigenvalue weighted by atomic mass is 10.3. The predicted molar refractivity (Wildman–Crippen MR) is 72.5 cm³/mol. The first-order chi connectivity index (χ1) is 8.49. The minimum absolute atomic E-state index is 0.479. The second-order valence-electron chi connectivity index (χ2n) is 4.35. The lowest BCUT2D eigenvalue weighted by Crippen LogP contribution is -2.54. The maximum atomic E-state index is 11.4. The summed E-state index contributed by atoms with van der Waals surface area (Å²) < 4.78 is 24.2. The van der Waals surface area contributed by atoms with Crippen LogP contribution in [0.25, 0.3) is 0 Å². The Kier molecular flexibility index (Phi) is 5.83. The van der Waals surface area contributed by atoms with Gasteiger partial charge in [-0.2, -0.15) is 4.31 Å². The molecule has 1 fully saturated rings. The van der Waals surface area contributed by atoms with Gasteiger partial charge in [0.2, 0.25) is 16.0 Å². The second-order valence-corrected chi connectivity index (χ2v) is 6.33. The molecular formula is C10H23N5O2S. The number of sulfonamides is 1. The third-order valence-corrected chi connectivity index (χ3v) is 4.21. The quantitative estimate of drug-likeness (QED) is 0.230. The largest absolute Gasteiger partial charge is 0.339 e. The molecule has 0 saturated carbocycles. The highest BCUT2D eigenvalue weighted by Crippen LogP contribution is 2.06. The van der Waals surface area contributed by atoms with Crippen molar-refractivity contribution >= 4 is 16.0 Å². The highest BCUT2D eigenvalue weighted by atomic mass is 32.2. The highest BCUT2D eigenvalue weighted by molar-refractivity contribution is 7.88. The summed E-state index contributed by atoms with van der Waals surface area (Å²) in [5.41, 5.74) is 2.59. The summed E-state index contributed by atoms with van der Waals surface area (Å²) in [6.07, 6.45) is 3.35. The van der Waals surface area contributed by atoms with E-state index in [1.54, 1.807) is 0 Å². The van der Waals surface area contributed by atoms with Crippen molar-refractivity contribution < 1.29 is 8.42 Å². The monoisotopic (exact) mass is 277 g/mol. The van der Waals surface area contributed by atoms with E-state index in [2.05, 4.69) is 17.3 Å². The van der Waals surface area contributed by atoms with Gasteiger partial charge in [-0.3, -0.25) is 10.4 Å². The molecule has 0 aliphatic carbocycles. The molecule has 106 valence electrons. The van der Waals surface area contributed by atoms with Crippen LogP contribution in [0.2, 0.25) is 0 Å². The molecule has 1 aliphatic heterocycles. The van der Waals surface area contributed by atoms with Gasteiger partial charge in [0.05, 0.1) is 6.26 Å². The van der Waals surface area contributed by atoms with Crippen molar-refractivity contribution in [3.8, 4) is 0 Å². The van der Waals surface area contributed by atoms with Gasteiger partial charge in [-0.05, 0) is 6.42 Å². The van der Waals surface area contributed by atoms with Crippen LogP contribution in [-0.4, -0.2) is 62.6 Å². The third-order valence-electron chi connectivity index (χ3n) is 2.91. The molecule has 8 heteroatoms. The van der Waals surface area contributed by atoms with E-state index in [1.165, 1.54) is 10.6 Å². The summed E-state index contributed by atoms with van der Waals surface area (Å²) in [5.74, 6) is 6.10. The molecule has 0 atom stereocenters. The summed E-state index contributed by atoms with van der Waals surface area (Å²) in [6, 6.07) is 0. The van der Waals surface area contributed by atoms with Crippen molar-refractivity contribution in [2.24, 2.45) is 10.8 Å². The van der Waals surface area contributed by atoms with E-state index in [-0.39, 0.29) is 0 Å². The van der Waals surface area contributed by atoms with Crippen LogP contribution in [0.1, 0.15) is 19.8 Å². The average Bonchev–Trinajstić information content (AvgIpc) is 2.34. The van der Waals surface area contributed by atoms with Gasteiger partial charge in [-0.25, -0.2) is 14.3 Å². The molecule has 3 N–H and O–H groups in total. The molecule has 0 spiro atoms. The molecule has 0 unspecified atom stereocenters. The number of hydrogen-bond acceptors (Lipinski definition) is 4. The zero-order valence-electron chi connectivity index (χ0n) is 11.1. The maximum absolute atomic E-state index is 11.4. The standard InChI is InChI=1S/C10H23N5O2S/c1-3-4-5-12-10(13-11)14-6-8-15(9-7-14)18(2,16)17/h3-9,11H2,1-2H3,(H,12,13). The lowest BCUT2D eigenvalue weighted by molar-refractivity contribution is 0.261. The summed E-state index contributed by atoms with van der Waals surface area (Å²) in [4.78, 5) is 6.36. The zero-order chi connectivity index (χ0) is 13.6. The molecule has 0 bridgehead atoms. The first-order valence-corrected chi connectivity index (χ1v) is 8.05. The first kappa shape index (κ1) is 15.2. The van der Waals surface area contributed by atoms with E-state index in [0.717, 1.165) is 19.4 Å². The summed E-state index contributed by atoms with van der Waals surface area (Å²) in [7, 11) is -3.09. The highest BCUT2D eigenvalue weighted by Gasteiger charge is 2.24. The number of piperazine rings is 1. The third kappa shape index (κ3) is 4.43. The molecule has 0 aromatic heterocycles. The zero-order valence-corrected chi connectivity index (χ0v) is 11.9. The van der Waals surface area contributed by atoms with Gasteiger partial charge in [0.15, 0.2) is 0 Å². The van der Waals surface area contributed by atoms with E-state index in [4.69, 9.17) is 5.84 Å². The Labute approximate surface area is 109 Å². The number of nitrogens with zero attached hydrogens (tertiary/aromatic N) is 3. The first-order valence-electron chi connectivity index (χ1n) is 6.20. The number of nitrogens with one attached hydrogen (secondary N) is 1. The number of nitrogens with two attached hydrogens (primary N) is 1. The van der Waals surface area contributed by atoms with E-state index in [1.807, 2.05) is 4.90 Å². The molecular weight excluding hydrogens is 254 g/mol. The topological polar surface area (TPSA) is 91.0 Å². The Morgan fingerprint density at radius 1 is 1.33 bits per heavy atom. The molecule has 1 saturated heterocycles. The Hall–Kier alpha value is -0.860. The Morgan fingerprint density at radius 3 is 2.39 bits per heavy atom. The normalized spacial score (nSPS) is 19.1. The van der Waals surface area contributed by atoms with Crippen molar-refractivity contribution in [1.29, 1.82) is 0 Å². The van der Waals surface area contributed by atoms with Crippen LogP contribution in [0.3, 0.4) is 0 Å². The van der Waals surface area contributed by atoms with Gasteiger partial charge in [-0.1, -0.05) is 13.3 Å². The minimum Gasteiger partial charge on any atom is -0.339 e. The maximum Gasteiger partial charge on any atom is 0.211 e. The van der Waals surface area contributed by atoms with Gasteiger partial charge in [0, 0.05) is 32.7 Å². The summed E-state index contributed by atoms with van der Waals surface area (Å²) in [5, 5.41) is 0. The Balaban J connectivity index is 2.52. The molecule has 0 radical (unpaired) electrons. The van der Waals surface area contributed by atoms with Gasteiger partial charge in [-0.15, -0.1) is 0 Å². The van der Waals surface area contributed by atoms with Crippen LogP contribution in [0.15, 0.2) is 4.99 Å². The molecule has 0 amide bonds. The SMILES string of the molecule is CCCCN=C(NN)N1CCN(S(C)(=O)=O)CC1.